The van der Waals surface area contributed by atoms with E-state index in [1.807, 2.05) is 26.8 Å². The lowest BCUT2D eigenvalue weighted by Crippen LogP contribution is -2.14. The molecule has 0 N–H and O–H groups in total. The first-order valence-electron chi connectivity index (χ1n) is 3.95. The summed E-state index contributed by atoms with van der Waals surface area (Å²) in [6.07, 6.45) is 1.84. The Morgan fingerprint density at radius 3 is 2.25 bits per heavy atom. The van der Waals surface area contributed by atoms with E-state index in [2.05, 4.69) is 4.99 Å². The van der Waals surface area contributed by atoms with Gasteiger partial charge in [-0.05, 0) is 38.0 Å². The van der Waals surface area contributed by atoms with Crippen LogP contribution >= 0.6 is 0 Å². The van der Waals surface area contributed by atoms with Crippen molar-refractivity contribution in [1.29, 1.82) is 0 Å². The summed E-state index contributed by atoms with van der Waals surface area (Å²) in [5.41, 5.74) is 3.51. The molecule has 0 aliphatic heterocycles. The van der Waals surface area contributed by atoms with Crippen molar-refractivity contribution in [2.45, 2.75) is 20.8 Å². The van der Waals surface area contributed by atoms with Crippen LogP contribution in [0, 0.1) is 0 Å². The van der Waals surface area contributed by atoms with Crippen LogP contribution in [0.3, 0.4) is 0 Å². The fraction of sp³-hybridized carbons (Fsp3) is 0.400. The number of nitrogens with zero attached hydrogens (tertiary/aromatic N) is 1. The highest BCUT2D eigenvalue weighted by Gasteiger charge is 2.17. The number of aliphatic imine (C=N–C) groups is 1. The number of ketones is 1. The maximum atomic E-state index is 11.4. The number of carbonyl (C=O) groups excluding carboxylic acids is 1. The van der Waals surface area contributed by atoms with Crippen molar-refractivity contribution in [3.8, 4) is 0 Å². The molecule has 0 bridgehead atoms. The van der Waals surface area contributed by atoms with Gasteiger partial charge in [0.15, 0.2) is 5.78 Å². The van der Waals surface area contributed by atoms with E-state index < -0.39 is 0 Å². The molecule has 0 saturated heterocycles. The molecule has 2 nitrogen and oxygen atoms in total. The molecule has 2 heteroatoms. The first kappa shape index (κ1) is 8.91. The Morgan fingerprint density at radius 1 is 1.17 bits per heavy atom. The molecular weight excluding hydrogens is 150 g/mol. The summed E-state index contributed by atoms with van der Waals surface area (Å²) >= 11 is 0. The van der Waals surface area contributed by atoms with Gasteiger partial charge in [0.2, 0.25) is 0 Å². The fourth-order valence-electron chi connectivity index (χ4n) is 1.27. The fourth-order valence-corrected chi connectivity index (χ4v) is 1.27. The number of hydrogen-bond acceptors (Lipinski definition) is 2. The Labute approximate surface area is 72.7 Å². The molecular formula is C10H13NO. The summed E-state index contributed by atoms with van der Waals surface area (Å²) in [5.74, 6) is 0.139. The molecule has 64 valence electrons. The Bertz CT molecular complexity index is 319. The van der Waals surface area contributed by atoms with E-state index in [9.17, 15) is 4.79 Å². The minimum atomic E-state index is 0.139. The summed E-state index contributed by atoms with van der Waals surface area (Å²) in [4.78, 5) is 15.5. The zero-order chi connectivity index (χ0) is 9.30. The van der Waals surface area contributed by atoms with E-state index in [1.54, 1.807) is 7.05 Å². The van der Waals surface area contributed by atoms with Gasteiger partial charge in [-0.3, -0.25) is 9.79 Å². The van der Waals surface area contributed by atoms with Crippen molar-refractivity contribution >= 4 is 11.5 Å². The van der Waals surface area contributed by atoms with Crippen molar-refractivity contribution in [2.24, 2.45) is 4.99 Å². The topological polar surface area (TPSA) is 29.4 Å². The molecule has 1 aliphatic carbocycles. The first-order chi connectivity index (χ1) is 5.57. The quantitative estimate of drug-likeness (QED) is 0.502. The van der Waals surface area contributed by atoms with Crippen LogP contribution in [-0.2, 0) is 4.79 Å². The van der Waals surface area contributed by atoms with Gasteiger partial charge in [0.1, 0.15) is 0 Å². The monoisotopic (exact) mass is 163 g/mol. The van der Waals surface area contributed by atoms with Crippen LogP contribution in [0.15, 0.2) is 27.8 Å². The summed E-state index contributed by atoms with van der Waals surface area (Å²) in [6, 6.07) is 0. The van der Waals surface area contributed by atoms with Crippen LogP contribution < -0.4 is 0 Å². The molecule has 1 rings (SSSR count). The van der Waals surface area contributed by atoms with Crippen LogP contribution in [0.25, 0.3) is 0 Å². The number of allylic oxidation sites excluding steroid dienone is 4. The number of Topliss-reactive ketones (excluding diaryl/α,β-unsaturated/α-hetero) is 1. The highest BCUT2D eigenvalue weighted by Crippen LogP contribution is 2.18. The predicted octanol–water partition coefficient (Wildman–Crippen LogP) is 1.92. The van der Waals surface area contributed by atoms with Gasteiger partial charge in [-0.2, -0.15) is 0 Å². The predicted molar refractivity (Wildman–Crippen MR) is 50.5 cm³/mol. The van der Waals surface area contributed by atoms with Crippen molar-refractivity contribution in [3.05, 3.63) is 22.8 Å². The minimum Gasteiger partial charge on any atom is -0.289 e. The third-order valence-corrected chi connectivity index (χ3v) is 2.24. The summed E-state index contributed by atoms with van der Waals surface area (Å²) in [5, 5.41) is 0. The largest absolute Gasteiger partial charge is 0.289 e. The normalized spacial score (nSPS) is 21.8. The number of carbonyl (C=O) groups is 1. The maximum Gasteiger partial charge on any atom is 0.184 e. The Kier molecular flexibility index (Phi) is 2.27. The molecule has 12 heavy (non-hydrogen) atoms. The standard InChI is InChI=1S/C10H13NO/c1-6-5-9(11-4)7(2)8(3)10(6)12/h5H,1-4H3/b11-9-. The highest BCUT2D eigenvalue weighted by atomic mass is 16.1. The van der Waals surface area contributed by atoms with E-state index in [4.69, 9.17) is 0 Å². The molecule has 0 saturated carbocycles. The molecule has 0 aromatic heterocycles. The number of hydrogen-bond donors (Lipinski definition) is 0. The SMILES string of the molecule is C/N=C1/C=C(C)C(=O)C(C)=C1C. The van der Waals surface area contributed by atoms with Crippen LogP contribution in [0.2, 0.25) is 0 Å². The van der Waals surface area contributed by atoms with Crippen LogP contribution in [0.5, 0.6) is 0 Å². The van der Waals surface area contributed by atoms with E-state index >= 15 is 0 Å². The van der Waals surface area contributed by atoms with Gasteiger partial charge >= 0.3 is 0 Å². The molecule has 0 spiro atoms. The van der Waals surface area contributed by atoms with E-state index in [0.29, 0.717) is 0 Å². The van der Waals surface area contributed by atoms with Gasteiger partial charge in [-0.25, -0.2) is 0 Å². The molecule has 1 aliphatic rings. The summed E-state index contributed by atoms with van der Waals surface area (Å²) in [7, 11) is 1.74. The lowest BCUT2D eigenvalue weighted by molar-refractivity contribution is -0.112. The second-order valence-corrected chi connectivity index (χ2v) is 3.02. The molecule has 0 radical (unpaired) electrons. The van der Waals surface area contributed by atoms with Gasteiger partial charge in [-0.1, -0.05) is 0 Å². The van der Waals surface area contributed by atoms with Crippen LogP contribution in [-0.4, -0.2) is 18.5 Å². The molecule has 0 unspecified atom stereocenters. The zero-order valence-electron chi connectivity index (χ0n) is 7.93. The van der Waals surface area contributed by atoms with Crippen molar-refractivity contribution in [1.82, 2.24) is 0 Å². The average molecular weight is 163 g/mol. The van der Waals surface area contributed by atoms with Gasteiger partial charge < -0.3 is 0 Å². The van der Waals surface area contributed by atoms with Crippen molar-refractivity contribution < 1.29 is 4.79 Å². The Morgan fingerprint density at radius 2 is 1.75 bits per heavy atom. The summed E-state index contributed by atoms with van der Waals surface area (Å²) < 4.78 is 0. The maximum absolute atomic E-state index is 11.4. The van der Waals surface area contributed by atoms with Crippen molar-refractivity contribution in [3.63, 3.8) is 0 Å². The average Bonchev–Trinajstić information content (AvgIpc) is 2.08. The minimum absolute atomic E-state index is 0.139. The lowest BCUT2D eigenvalue weighted by Gasteiger charge is -2.13. The van der Waals surface area contributed by atoms with Crippen LogP contribution in [0.4, 0.5) is 0 Å². The van der Waals surface area contributed by atoms with E-state index in [0.717, 1.165) is 22.4 Å². The molecule has 0 amide bonds. The Hall–Kier alpha value is -1.18. The zero-order valence-corrected chi connectivity index (χ0v) is 7.93. The summed E-state index contributed by atoms with van der Waals surface area (Å²) in [6.45, 7) is 5.60. The number of rotatable bonds is 0. The lowest BCUT2D eigenvalue weighted by atomic mass is 9.92. The van der Waals surface area contributed by atoms with Crippen LogP contribution in [0.1, 0.15) is 20.8 Å². The second kappa shape index (κ2) is 3.05. The molecule has 0 aromatic carbocycles. The van der Waals surface area contributed by atoms with Crippen molar-refractivity contribution in [2.75, 3.05) is 7.05 Å². The van der Waals surface area contributed by atoms with E-state index in [-0.39, 0.29) is 5.78 Å². The smallest absolute Gasteiger partial charge is 0.184 e. The molecule has 0 fully saturated rings. The molecule has 0 aromatic rings. The molecule has 0 heterocycles. The third kappa shape index (κ3) is 1.24. The van der Waals surface area contributed by atoms with Gasteiger partial charge in [-0.15, -0.1) is 0 Å². The second-order valence-electron chi connectivity index (χ2n) is 3.02. The molecule has 0 atom stereocenters. The first-order valence-corrected chi connectivity index (χ1v) is 3.95. The van der Waals surface area contributed by atoms with Gasteiger partial charge in [0.05, 0.1) is 5.71 Å². The van der Waals surface area contributed by atoms with E-state index in [1.165, 1.54) is 0 Å². The van der Waals surface area contributed by atoms with Gasteiger partial charge in [0.25, 0.3) is 0 Å². The third-order valence-electron chi connectivity index (χ3n) is 2.24. The highest BCUT2D eigenvalue weighted by molar-refractivity contribution is 6.23. The van der Waals surface area contributed by atoms with Gasteiger partial charge in [0, 0.05) is 12.6 Å². The Balaban J connectivity index is 3.24.